The van der Waals surface area contributed by atoms with Crippen LogP contribution in [0.2, 0.25) is 0 Å². The first-order valence-electron chi connectivity index (χ1n) is 6.34. The second-order valence-electron chi connectivity index (χ2n) is 4.68. The van der Waals surface area contributed by atoms with E-state index in [9.17, 15) is 5.11 Å². The molecule has 2 aromatic rings. The molecule has 3 rings (SSSR count). The van der Waals surface area contributed by atoms with E-state index in [2.05, 4.69) is 0 Å². The van der Waals surface area contributed by atoms with Gasteiger partial charge < -0.3 is 14.6 Å². The van der Waals surface area contributed by atoms with E-state index >= 15 is 0 Å². The number of aliphatic hydroxyl groups is 1. The molecule has 0 spiro atoms. The molecule has 3 heteroatoms. The summed E-state index contributed by atoms with van der Waals surface area (Å²) < 4.78 is 11.0. The van der Waals surface area contributed by atoms with E-state index in [-0.39, 0.29) is 6.10 Å². The van der Waals surface area contributed by atoms with Crippen LogP contribution in [0.1, 0.15) is 17.2 Å². The number of ether oxygens (including phenoxy) is 2. The van der Waals surface area contributed by atoms with Crippen LogP contribution in [0.4, 0.5) is 0 Å². The predicted molar refractivity (Wildman–Crippen MR) is 72.5 cm³/mol. The summed E-state index contributed by atoms with van der Waals surface area (Å²) in [4.78, 5) is 0. The average molecular weight is 256 g/mol. The summed E-state index contributed by atoms with van der Waals surface area (Å²) in [5.41, 5.74) is 2.12. The minimum Gasteiger partial charge on any atom is -0.497 e. The van der Waals surface area contributed by atoms with E-state index in [4.69, 9.17) is 9.47 Å². The lowest BCUT2D eigenvalue weighted by Gasteiger charge is -2.18. The van der Waals surface area contributed by atoms with Crippen molar-refractivity contribution >= 4 is 0 Å². The highest BCUT2D eigenvalue weighted by atomic mass is 16.5. The number of hydrogen-bond donors (Lipinski definition) is 1. The summed E-state index contributed by atoms with van der Waals surface area (Å²) in [5, 5.41) is 10.3. The lowest BCUT2D eigenvalue weighted by molar-refractivity contribution is 0.0492. The Hall–Kier alpha value is -2.00. The highest BCUT2D eigenvalue weighted by molar-refractivity contribution is 5.37. The zero-order valence-corrected chi connectivity index (χ0v) is 10.7. The highest BCUT2D eigenvalue weighted by Crippen LogP contribution is 2.34. The van der Waals surface area contributed by atoms with Gasteiger partial charge in [-0.1, -0.05) is 30.3 Å². The molecule has 0 aliphatic heterocycles. The molecular formula is C16H16O3. The zero-order valence-electron chi connectivity index (χ0n) is 10.7. The summed E-state index contributed by atoms with van der Waals surface area (Å²) in [7, 11) is 1.62. The molecule has 2 aromatic carbocycles. The number of fused-ring (bicyclic) bond motifs is 1. The van der Waals surface area contributed by atoms with Crippen molar-refractivity contribution in [3.8, 4) is 11.5 Å². The van der Waals surface area contributed by atoms with Crippen LogP contribution >= 0.6 is 0 Å². The normalized spacial score (nSPS) is 20.9. The molecule has 19 heavy (non-hydrogen) atoms. The summed E-state index contributed by atoms with van der Waals surface area (Å²) in [6, 6.07) is 15.4. The maximum atomic E-state index is 10.3. The van der Waals surface area contributed by atoms with Crippen molar-refractivity contribution in [1.29, 1.82) is 0 Å². The Balaban J connectivity index is 1.79. The van der Waals surface area contributed by atoms with Gasteiger partial charge in [-0.3, -0.25) is 0 Å². The fourth-order valence-corrected chi connectivity index (χ4v) is 2.49. The number of hydrogen-bond acceptors (Lipinski definition) is 3. The number of rotatable bonds is 3. The van der Waals surface area contributed by atoms with Crippen LogP contribution in [-0.4, -0.2) is 18.3 Å². The zero-order chi connectivity index (χ0) is 13.2. The Morgan fingerprint density at radius 2 is 1.84 bits per heavy atom. The van der Waals surface area contributed by atoms with Crippen LogP contribution in [0.5, 0.6) is 11.5 Å². The van der Waals surface area contributed by atoms with Gasteiger partial charge in [0.15, 0.2) is 0 Å². The highest BCUT2D eigenvalue weighted by Gasteiger charge is 2.32. The standard InChI is InChI=1S/C16H16O3/c1-18-12-6-4-7-13(10-12)19-15-9-11-5-2-3-8-14(11)16(15)17/h2-8,10,15-17H,9H2,1H3. The molecule has 0 saturated carbocycles. The van der Waals surface area contributed by atoms with Crippen molar-refractivity contribution in [1.82, 2.24) is 0 Å². The first-order valence-corrected chi connectivity index (χ1v) is 6.34. The molecule has 1 aliphatic carbocycles. The monoisotopic (exact) mass is 256 g/mol. The second-order valence-corrected chi connectivity index (χ2v) is 4.68. The van der Waals surface area contributed by atoms with Gasteiger partial charge in [0, 0.05) is 12.5 Å². The van der Waals surface area contributed by atoms with Crippen molar-refractivity contribution in [2.45, 2.75) is 18.6 Å². The second kappa shape index (κ2) is 4.94. The molecule has 1 aliphatic rings. The summed E-state index contributed by atoms with van der Waals surface area (Å²) in [6.07, 6.45) is -0.0685. The van der Waals surface area contributed by atoms with Gasteiger partial charge in [-0.25, -0.2) is 0 Å². The Morgan fingerprint density at radius 3 is 2.63 bits per heavy atom. The Bertz CT molecular complexity index is 580. The maximum absolute atomic E-state index is 10.3. The first-order chi connectivity index (χ1) is 9.28. The molecule has 0 saturated heterocycles. The molecule has 0 aromatic heterocycles. The van der Waals surface area contributed by atoms with E-state index in [1.54, 1.807) is 7.11 Å². The van der Waals surface area contributed by atoms with Crippen molar-refractivity contribution in [2.75, 3.05) is 7.11 Å². The summed E-state index contributed by atoms with van der Waals surface area (Å²) in [6.45, 7) is 0. The van der Waals surface area contributed by atoms with E-state index in [1.165, 1.54) is 0 Å². The Labute approximate surface area is 112 Å². The van der Waals surface area contributed by atoms with E-state index < -0.39 is 6.10 Å². The van der Waals surface area contributed by atoms with Crippen molar-refractivity contribution < 1.29 is 14.6 Å². The number of methoxy groups -OCH3 is 1. The lowest BCUT2D eigenvalue weighted by Crippen LogP contribution is -2.21. The molecule has 0 bridgehead atoms. The summed E-state index contributed by atoms with van der Waals surface area (Å²) >= 11 is 0. The van der Waals surface area contributed by atoms with Crippen LogP contribution in [0, 0.1) is 0 Å². The molecule has 98 valence electrons. The Morgan fingerprint density at radius 1 is 1.05 bits per heavy atom. The number of benzene rings is 2. The largest absolute Gasteiger partial charge is 0.497 e. The minimum absolute atomic E-state index is 0.232. The fraction of sp³-hybridized carbons (Fsp3) is 0.250. The van der Waals surface area contributed by atoms with Gasteiger partial charge in [0.1, 0.15) is 23.7 Å². The van der Waals surface area contributed by atoms with Crippen LogP contribution < -0.4 is 9.47 Å². The predicted octanol–water partition coefficient (Wildman–Crippen LogP) is 2.73. The number of aliphatic hydroxyl groups excluding tert-OH is 1. The van der Waals surface area contributed by atoms with E-state index in [1.807, 2.05) is 48.5 Å². The van der Waals surface area contributed by atoms with Gasteiger partial charge >= 0.3 is 0 Å². The lowest BCUT2D eigenvalue weighted by atomic mass is 10.1. The minimum atomic E-state index is -0.567. The molecule has 0 amide bonds. The van der Waals surface area contributed by atoms with Gasteiger partial charge in [-0.05, 0) is 23.3 Å². The van der Waals surface area contributed by atoms with E-state index in [0.717, 1.165) is 29.0 Å². The molecule has 0 fully saturated rings. The van der Waals surface area contributed by atoms with Crippen molar-refractivity contribution in [3.05, 3.63) is 59.7 Å². The molecule has 3 nitrogen and oxygen atoms in total. The topological polar surface area (TPSA) is 38.7 Å². The first kappa shape index (κ1) is 12.1. The quantitative estimate of drug-likeness (QED) is 0.917. The third-order valence-corrected chi connectivity index (χ3v) is 3.48. The molecular weight excluding hydrogens is 240 g/mol. The third kappa shape index (κ3) is 2.29. The smallest absolute Gasteiger partial charge is 0.133 e. The van der Waals surface area contributed by atoms with Gasteiger partial charge in [-0.2, -0.15) is 0 Å². The SMILES string of the molecule is COc1cccc(OC2Cc3ccccc3C2O)c1. The van der Waals surface area contributed by atoms with Crippen molar-refractivity contribution in [2.24, 2.45) is 0 Å². The fourth-order valence-electron chi connectivity index (χ4n) is 2.49. The molecule has 2 atom stereocenters. The molecule has 2 unspecified atom stereocenters. The van der Waals surface area contributed by atoms with Crippen LogP contribution in [-0.2, 0) is 6.42 Å². The third-order valence-electron chi connectivity index (χ3n) is 3.48. The van der Waals surface area contributed by atoms with Gasteiger partial charge in [0.25, 0.3) is 0 Å². The van der Waals surface area contributed by atoms with E-state index in [0.29, 0.717) is 0 Å². The van der Waals surface area contributed by atoms with Gasteiger partial charge in [0.05, 0.1) is 7.11 Å². The van der Waals surface area contributed by atoms with Gasteiger partial charge in [0.2, 0.25) is 0 Å². The molecule has 0 radical (unpaired) electrons. The van der Waals surface area contributed by atoms with Crippen LogP contribution in [0.15, 0.2) is 48.5 Å². The maximum Gasteiger partial charge on any atom is 0.133 e. The molecule has 0 heterocycles. The van der Waals surface area contributed by atoms with Crippen LogP contribution in [0.25, 0.3) is 0 Å². The molecule has 1 N–H and O–H groups in total. The van der Waals surface area contributed by atoms with Gasteiger partial charge in [-0.15, -0.1) is 0 Å². The average Bonchev–Trinajstić information content (AvgIpc) is 2.76. The van der Waals surface area contributed by atoms with Crippen LogP contribution in [0.3, 0.4) is 0 Å². The van der Waals surface area contributed by atoms with Crippen molar-refractivity contribution in [3.63, 3.8) is 0 Å². The summed E-state index contributed by atoms with van der Waals surface area (Å²) in [5.74, 6) is 1.47. The Kier molecular flexibility index (Phi) is 3.13.